The van der Waals surface area contributed by atoms with Crippen LogP contribution in [0.5, 0.6) is 0 Å². The van der Waals surface area contributed by atoms with Gasteiger partial charge >= 0.3 is 0 Å². The number of benzene rings is 2. The van der Waals surface area contributed by atoms with Crippen LogP contribution in [0.4, 0.5) is 10.1 Å². The van der Waals surface area contributed by atoms with Gasteiger partial charge in [-0.05, 0) is 45.3 Å². The van der Waals surface area contributed by atoms with Crippen LogP contribution in [0.3, 0.4) is 0 Å². The summed E-state index contributed by atoms with van der Waals surface area (Å²) in [5.74, 6) is -0.820. The molecule has 2 aromatic rings. The van der Waals surface area contributed by atoms with Crippen molar-refractivity contribution in [1.82, 2.24) is 15.5 Å². The van der Waals surface area contributed by atoms with Crippen molar-refractivity contribution in [2.45, 2.75) is 32.0 Å². The third-order valence-corrected chi connectivity index (χ3v) is 5.09. The second-order valence-electron chi connectivity index (χ2n) is 7.57. The average Bonchev–Trinajstić information content (AvgIpc) is 2.84. The highest BCUT2D eigenvalue weighted by Gasteiger charge is 2.23. The molecule has 1 atom stereocenters. The van der Waals surface area contributed by atoms with Crippen molar-refractivity contribution in [1.29, 1.82) is 0 Å². The first-order chi connectivity index (χ1) is 16.4. The van der Waals surface area contributed by atoms with Gasteiger partial charge in [0.15, 0.2) is 6.29 Å². The number of anilines is 1. The molecule has 0 saturated heterocycles. The third kappa shape index (κ3) is 8.17. The maximum absolute atomic E-state index is 14.4. The SMILES string of the molecule is CNC.CNC(=O)C(CCC=O)N(C)Cc1c(C=O)cccc1NCc1cccc(C=O)c1F. The monoisotopic (exact) mass is 472 g/mol. The first-order valence-electron chi connectivity index (χ1n) is 10.9. The zero-order chi connectivity index (χ0) is 25.5. The lowest BCUT2D eigenvalue weighted by molar-refractivity contribution is -0.126. The molecule has 1 amide bonds. The highest BCUT2D eigenvalue weighted by Crippen LogP contribution is 2.24. The second-order valence-corrected chi connectivity index (χ2v) is 7.57. The summed E-state index contributed by atoms with van der Waals surface area (Å²) in [4.78, 5) is 47.4. The number of amides is 1. The van der Waals surface area contributed by atoms with E-state index in [1.807, 2.05) is 14.1 Å². The Balaban J connectivity index is 0.00000182. The molecule has 0 bridgehead atoms. The molecular formula is C25H33FN4O4. The maximum Gasteiger partial charge on any atom is 0.237 e. The van der Waals surface area contributed by atoms with Gasteiger partial charge in [-0.1, -0.05) is 24.3 Å². The van der Waals surface area contributed by atoms with Crippen LogP contribution in [0.2, 0.25) is 0 Å². The van der Waals surface area contributed by atoms with Gasteiger partial charge in [0.1, 0.15) is 18.4 Å². The van der Waals surface area contributed by atoms with E-state index in [9.17, 15) is 23.6 Å². The van der Waals surface area contributed by atoms with E-state index in [4.69, 9.17) is 0 Å². The molecule has 3 N–H and O–H groups in total. The van der Waals surface area contributed by atoms with Gasteiger partial charge in [0.25, 0.3) is 0 Å². The van der Waals surface area contributed by atoms with Gasteiger partial charge in [0, 0.05) is 43.4 Å². The van der Waals surface area contributed by atoms with Gasteiger partial charge in [-0.25, -0.2) is 4.39 Å². The summed E-state index contributed by atoms with van der Waals surface area (Å²) in [6.45, 7) is 0.363. The minimum atomic E-state index is -0.594. The molecule has 184 valence electrons. The highest BCUT2D eigenvalue weighted by molar-refractivity contribution is 5.83. The van der Waals surface area contributed by atoms with Crippen LogP contribution in [-0.4, -0.2) is 63.9 Å². The molecular weight excluding hydrogens is 439 g/mol. The van der Waals surface area contributed by atoms with Crippen LogP contribution in [0.1, 0.15) is 44.7 Å². The minimum Gasteiger partial charge on any atom is -0.381 e. The van der Waals surface area contributed by atoms with E-state index in [0.717, 1.165) is 12.6 Å². The van der Waals surface area contributed by atoms with Gasteiger partial charge in [0.05, 0.1) is 11.6 Å². The summed E-state index contributed by atoms with van der Waals surface area (Å²) in [5, 5.41) is 8.47. The minimum absolute atomic E-state index is 0.0236. The Kier molecular flexibility index (Phi) is 13.0. The number of aldehydes is 3. The number of rotatable bonds is 12. The average molecular weight is 473 g/mol. The van der Waals surface area contributed by atoms with Crippen molar-refractivity contribution in [3.8, 4) is 0 Å². The fraction of sp³-hybridized carbons (Fsp3) is 0.360. The zero-order valence-electron chi connectivity index (χ0n) is 20.1. The first kappa shape index (κ1) is 28.6. The number of nitrogens with zero attached hydrogens (tertiary/aromatic N) is 1. The van der Waals surface area contributed by atoms with E-state index in [2.05, 4.69) is 16.0 Å². The standard InChI is InChI=1S/C23H26FN3O4.C2H7N/c1-25-23(31)21(10-5-11-28)27(2)13-19-17(14-29)7-4-9-20(19)26-12-16-6-3-8-18(15-30)22(16)24;1-3-2/h3-4,6-9,11,14-15,21,26H,5,10,12-13H2,1-2H3,(H,25,31);3H,1-2H3. The Bertz CT molecular complexity index is 968. The van der Waals surface area contributed by atoms with Crippen molar-refractivity contribution >= 4 is 30.5 Å². The van der Waals surface area contributed by atoms with E-state index in [1.54, 1.807) is 42.3 Å². The molecule has 0 aliphatic rings. The van der Waals surface area contributed by atoms with Crippen LogP contribution in [0.15, 0.2) is 36.4 Å². The zero-order valence-corrected chi connectivity index (χ0v) is 20.1. The van der Waals surface area contributed by atoms with Crippen LogP contribution >= 0.6 is 0 Å². The summed E-state index contributed by atoms with van der Waals surface area (Å²) in [5.41, 5.74) is 1.98. The fourth-order valence-corrected chi connectivity index (χ4v) is 3.38. The van der Waals surface area contributed by atoms with Crippen molar-refractivity contribution in [2.24, 2.45) is 0 Å². The quantitative estimate of drug-likeness (QED) is 0.407. The van der Waals surface area contributed by atoms with E-state index < -0.39 is 11.9 Å². The predicted molar refractivity (Wildman–Crippen MR) is 131 cm³/mol. The van der Waals surface area contributed by atoms with Gasteiger partial charge < -0.3 is 20.7 Å². The summed E-state index contributed by atoms with van der Waals surface area (Å²) >= 11 is 0. The topological polar surface area (TPSA) is 108 Å². The lowest BCUT2D eigenvalue weighted by Crippen LogP contribution is -2.43. The van der Waals surface area contributed by atoms with Crippen LogP contribution in [0.25, 0.3) is 0 Å². The molecule has 0 aromatic heterocycles. The van der Waals surface area contributed by atoms with Crippen LogP contribution in [0, 0.1) is 5.82 Å². The molecule has 0 saturated carbocycles. The van der Waals surface area contributed by atoms with Crippen LogP contribution < -0.4 is 16.0 Å². The van der Waals surface area contributed by atoms with Crippen molar-refractivity contribution in [3.63, 3.8) is 0 Å². The van der Waals surface area contributed by atoms with Crippen molar-refractivity contribution in [2.75, 3.05) is 33.5 Å². The van der Waals surface area contributed by atoms with E-state index in [-0.39, 0.29) is 31.0 Å². The van der Waals surface area contributed by atoms with Gasteiger partial charge in [-0.3, -0.25) is 19.3 Å². The van der Waals surface area contributed by atoms with Crippen molar-refractivity contribution < 1.29 is 23.6 Å². The van der Waals surface area contributed by atoms with Gasteiger partial charge in [-0.2, -0.15) is 0 Å². The first-order valence-corrected chi connectivity index (χ1v) is 10.9. The fourth-order valence-electron chi connectivity index (χ4n) is 3.38. The molecule has 2 aromatic carbocycles. The number of nitrogens with one attached hydrogen (secondary N) is 3. The normalized spacial score (nSPS) is 11.1. The van der Waals surface area contributed by atoms with Crippen LogP contribution in [-0.2, 0) is 22.7 Å². The predicted octanol–water partition coefficient (Wildman–Crippen LogP) is 2.42. The number of halogens is 1. The summed E-state index contributed by atoms with van der Waals surface area (Å²) < 4.78 is 14.4. The molecule has 0 aliphatic carbocycles. The Morgan fingerprint density at radius 2 is 1.65 bits per heavy atom. The van der Waals surface area contributed by atoms with E-state index >= 15 is 0 Å². The van der Waals surface area contributed by atoms with Gasteiger partial charge in [0.2, 0.25) is 5.91 Å². The summed E-state index contributed by atoms with van der Waals surface area (Å²) in [7, 11) is 7.02. The Hall–Kier alpha value is -3.43. The van der Waals surface area contributed by atoms with Crippen molar-refractivity contribution in [3.05, 3.63) is 64.5 Å². The molecule has 0 heterocycles. The van der Waals surface area contributed by atoms with Gasteiger partial charge in [-0.15, -0.1) is 0 Å². The summed E-state index contributed by atoms with van der Waals surface area (Å²) in [6, 6.07) is 9.15. The smallest absolute Gasteiger partial charge is 0.237 e. The van der Waals surface area contributed by atoms with E-state index in [1.165, 1.54) is 13.1 Å². The molecule has 0 spiro atoms. The molecule has 34 heavy (non-hydrogen) atoms. The Morgan fingerprint density at radius 3 is 2.24 bits per heavy atom. The highest BCUT2D eigenvalue weighted by atomic mass is 19.1. The molecule has 0 aliphatic heterocycles. The molecule has 0 radical (unpaired) electrons. The second kappa shape index (κ2) is 15.4. The Morgan fingerprint density at radius 1 is 1.03 bits per heavy atom. The number of carbonyl (C=O) groups excluding carboxylic acids is 4. The molecule has 8 nitrogen and oxygen atoms in total. The van der Waals surface area contributed by atoms with E-state index in [0.29, 0.717) is 35.1 Å². The Labute approximate surface area is 199 Å². The number of likely N-dealkylation sites (N-methyl/N-ethyl adjacent to an activating group) is 2. The molecule has 1 unspecified atom stereocenters. The third-order valence-electron chi connectivity index (χ3n) is 5.09. The lowest BCUT2D eigenvalue weighted by atomic mass is 10.0. The summed E-state index contributed by atoms with van der Waals surface area (Å²) in [6.07, 6.45) is 2.52. The number of hydrogen-bond donors (Lipinski definition) is 3. The lowest BCUT2D eigenvalue weighted by Gasteiger charge is -2.28. The molecule has 0 fully saturated rings. The maximum atomic E-state index is 14.4. The molecule has 9 heteroatoms. The number of hydrogen-bond acceptors (Lipinski definition) is 7. The molecule has 2 rings (SSSR count). The number of carbonyl (C=O) groups is 4. The largest absolute Gasteiger partial charge is 0.381 e.